The minimum Gasteiger partial charge on any atom is -0.493 e. The van der Waals surface area contributed by atoms with Gasteiger partial charge < -0.3 is 19.5 Å². The second-order valence-electron chi connectivity index (χ2n) is 5.21. The summed E-state index contributed by atoms with van der Waals surface area (Å²) in [6.07, 6.45) is -0.238. The molecule has 0 aromatic heterocycles. The highest BCUT2D eigenvalue weighted by Crippen LogP contribution is 2.34. The number of hydrogen-bond acceptors (Lipinski definition) is 5. The van der Waals surface area contributed by atoms with E-state index >= 15 is 0 Å². The number of benzene rings is 2. The van der Waals surface area contributed by atoms with Crippen LogP contribution in [0.3, 0.4) is 0 Å². The van der Waals surface area contributed by atoms with Crippen LogP contribution in [0.1, 0.15) is 15.9 Å². The van der Waals surface area contributed by atoms with Gasteiger partial charge in [-0.25, -0.2) is 9.18 Å². The van der Waals surface area contributed by atoms with Gasteiger partial charge in [-0.3, -0.25) is 4.79 Å². The summed E-state index contributed by atoms with van der Waals surface area (Å²) in [6, 6.07) is 6.86. The minimum absolute atomic E-state index is 0.0788. The van der Waals surface area contributed by atoms with Crippen LogP contribution in [-0.2, 0) is 16.0 Å². The number of ether oxygens (including phenoxy) is 3. The second-order valence-corrected chi connectivity index (χ2v) is 5.64. The number of methoxy groups -OCH3 is 3. The van der Waals surface area contributed by atoms with Crippen LogP contribution in [0, 0.1) is 5.82 Å². The van der Waals surface area contributed by atoms with Crippen LogP contribution in [-0.4, -0.2) is 33.2 Å². The summed E-state index contributed by atoms with van der Waals surface area (Å²) in [5.41, 5.74) is 0.413. The number of carbonyl (C=O) groups excluding carboxylic acids is 2. The Bertz CT molecular complexity index is 841. The summed E-state index contributed by atoms with van der Waals surface area (Å²) in [4.78, 5) is 24.3. The largest absolute Gasteiger partial charge is 0.493 e. The first-order valence-electron chi connectivity index (χ1n) is 7.47. The lowest BCUT2D eigenvalue weighted by atomic mass is 10.1. The van der Waals surface area contributed by atoms with Crippen molar-refractivity contribution in [1.82, 2.24) is 0 Å². The molecule has 8 heteroatoms. The van der Waals surface area contributed by atoms with Crippen molar-refractivity contribution in [2.24, 2.45) is 0 Å². The third-order valence-electron chi connectivity index (χ3n) is 3.57. The predicted molar refractivity (Wildman–Crippen MR) is 94.6 cm³/mol. The highest BCUT2D eigenvalue weighted by molar-refractivity contribution is 6.30. The summed E-state index contributed by atoms with van der Waals surface area (Å²) in [5, 5.41) is 2.80. The van der Waals surface area contributed by atoms with Crippen LogP contribution < -0.4 is 14.8 Å². The third-order valence-corrected chi connectivity index (χ3v) is 3.80. The number of amides is 1. The van der Waals surface area contributed by atoms with E-state index in [0.29, 0.717) is 11.5 Å². The lowest BCUT2D eigenvalue weighted by molar-refractivity contribution is -0.115. The van der Waals surface area contributed by atoms with E-state index in [9.17, 15) is 14.0 Å². The maximum atomic E-state index is 13.9. The van der Waals surface area contributed by atoms with E-state index in [2.05, 4.69) is 5.32 Å². The lowest BCUT2D eigenvalue weighted by Crippen LogP contribution is -2.18. The molecule has 0 heterocycles. The number of rotatable bonds is 6. The molecule has 1 amide bonds. The van der Waals surface area contributed by atoms with Crippen LogP contribution in [0.2, 0.25) is 5.02 Å². The number of nitrogens with one attached hydrogen (secondary N) is 1. The van der Waals surface area contributed by atoms with E-state index < -0.39 is 17.7 Å². The molecular weight excluding hydrogens is 365 g/mol. The standard InChI is InChI=1S/C18H17ClFNO5/c1-24-15-8-12(18(23)26-3)14(9-16(15)25-2)21-17(22)6-10-4-5-11(19)7-13(10)20/h4-5,7-9H,6H2,1-3H3,(H,21,22). The highest BCUT2D eigenvalue weighted by atomic mass is 35.5. The normalized spacial score (nSPS) is 10.2. The fourth-order valence-corrected chi connectivity index (χ4v) is 2.45. The topological polar surface area (TPSA) is 73.9 Å². The quantitative estimate of drug-likeness (QED) is 0.776. The molecule has 2 aromatic carbocycles. The third kappa shape index (κ3) is 4.43. The summed E-state index contributed by atoms with van der Waals surface area (Å²) in [5.74, 6) is -1.17. The molecule has 0 atom stereocenters. The Morgan fingerprint density at radius 3 is 2.31 bits per heavy atom. The van der Waals surface area contributed by atoms with E-state index in [1.54, 1.807) is 0 Å². The smallest absolute Gasteiger partial charge is 0.340 e. The zero-order chi connectivity index (χ0) is 19.3. The zero-order valence-corrected chi connectivity index (χ0v) is 15.1. The Morgan fingerprint density at radius 2 is 1.73 bits per heavy atom. The summed E-state index contributed by atoms with van der Waals surface area (Å²) < 4.78 is 28.9. The van der Waals surface area contributed by atoms with Gasteiger partial charge in [0, 0.05) is 17.2 Å². The number of esters is 1. The van der Waals surface area contributed by atoms with Crippen LogP contribution >= 0.6 is 11.6 Å². The molecule has 0 aliphatic carbocycles. The molecule has 2 rings (SSSR count). The second kappa shape index (κ2) is 8.53. The van der Waals surface area contributed by atoms with Crippen LogP contribution in [0.25, 0.3) is 0 Å². The zero-order valence-electron chi connectivity index (χ0n) is 14.4. The molecule has 0 bridgehead atoms. The van der Waals surface area contributed by atoms with Crippen molar-refractivity contribution in [3.05, 3.63) is 52.3 Å². The molecule has 0 aliphatic rings. The first kappa shape index (κ1) is 19.5. The van der Waals surface area contributed by atoms with Crippen molar-refractivity contribution in [3.8, 4) is 11.5 Å². The van der Waals surface area contributed by atoms with Crippen molar-refractivity contribution in [2.75, 3.05) is 26.6 Å². The van der Waals surface area contributed by atoms with Crippen molar-refractivity contribution >= 4 is 29.2 Å². The summed E-state index contributed by atoms with van der Waals surface area (Å²) in [7, 11) is 4.05. The van der Waals surface area contributed by atoms with E-state index in [4.69, 9.17) is 25.8 Å². The molecule has 6 nitrogen and oxygen atoms in total. The van der Waals surface area contributed by atoms with Gasteiger partial charge in [0.1, 0.15) is 5.82 Å². The van der Waals surface area contributed by atoms with Gasteiger partial charge in [-0.15, -0.1) is 0 Å². The Labute approximate surface area is 154 Å². The van der Waals surface area contributed by atoms with Gasteiger partial charge in [0.05, 0.1) is 39.0 Å². The first-order chi connectivity index (χ1) is 12.4. The van der Waals surface area contributed by atoms with Crippen molar-refractivity contribution < 1.29 is 28.2 Å². The molecule has 1 N–H and O–H groups in total. The Hall–Kier alpha value is -2.80. The maximum absolute atomic E-state index is 13.9. The SMILES string of the molecule is COC(=O)c1cc(OC)c(OC)cc1NC(=O)Cc1ccc(Cl)cc1F. The van der Waals surface area contributed by atoms with Crippen molar-refractivity contribution in [1.29, 1.82) is 0 Å². The molecule has 138 valence electrons. The van der Waals surface area contributed by atoms with Crippen LogP contribution in [0.15, 0.2) is 30.3 Å². The molecule has 0 fully saturated rings. The fourth-order valence-electron chi connectivity index (χ4n) is 2.29. The van der Waals surface area contributed by atoms with E-state index in [1.165, 1.54) is 45.6 Å². The van der Waals surface area contributed by atoms with Gasteiger partial charge in [-0.2, -0.15) is 0 Å². The molecule has 0 unspecified atom stereocenters. The number of anilines is 1. The molecule has 0 radical (unpaired) electrons. The molecule has 2 aromatic rings. The van der Waals surface area contributed by atoms with Gasteiger partial charge in [0.2, 0.25) is 5.91 Å². The monoisotopic (exact) mass is 381 g/mol. The number of hydrogen-bond donors (Lipinski definition) is 1. The summed E-state index contributed by atoms with van der Waals surface area (Å²) >= 11 is 5.70. The van der Waals surface area contributed by atoms with E-state index in [1.807, 2.05) is 0 Å². The predicted octanol–water partition coefficient (Wildman–Crippen LogP) is 3.46. The van der Waals surface area contributed by atoms with E-state index in [0.717, 1.165) is 6.07 Å². The molecule has 0 spiro atoms. The van der Waals surface area contributed by atoms with E-state index in [-0.39, 0.29) is 28.3 Å². The van der Waals surface area contributed by atoms with Gasteiger partial charge >= 0.3 is 5.97 Å². The lowest BCUT2D eigenvalue weighted by Gasteiger charge is -2.14. The van der Waals surface area contributed by atoms with Gasteiger partial charge in [0.15, 0.2) is 11.5 Å². The minimum atomic E-state index is -0.668. The molecule has 0 aliphatic heterocycles. The number of halogens is 2. The van der Waals surface area contributed by atoms with Crippen molar-refractivity contribution in [3.63, 3.8) is 0 Å². The Kier molecular flexibility index (Phi) is 6.41. The Balaban J connectivity index is 2.31. The molecular formula is C18H17ClFNO5. The molecule has 26 heavy (non-hydrogen) atoms. The summed E-state index contributed by atoms with van der Waals surface area (Å²) in [6.45, 7) is 0. The van der Waals surface area contributed by atoms with Gasteiger partial charge in [-0.05, 0) is 17.7 Å². The first-order valence-corrected chi connectivity index (χ1v) is 7.85. The maximum Gasteiger partial charge on any atom is 0.340 e. The Morgan fingerprint density at radius 1 is 1.08 bits per heavy atom. The number of carbonyl (C=O) groups is 2. The average Bonchev–Trinajstić information content (AvgIpc) is 2.62. The van der Waals surface area contributed by atoms with Gasteiger partial charge in [-0.1, -0.05) is 17.7 Å². The highest BCUT2D eigenvalue weighted by Gasteiger charge is 2.19. The van der Waals surface area contributed by atoms with Crippen LogP contribution in [0.4, 0.5) is 10.1 Å². The van der Waals surface area contributed by atoms with Gasteiger partial charge in [0.25, 0.3) is 0 Å². The fraction of sp³-hybridized carbons (Fsp3) is 0.222. The molecule has 0 saturated heterocycles. The van der Waals surface area contributed by atoms with Crippen molar-refractivity contribution in [2.45, 2.75) is 6.42 Å². The average molecular weight is 382 g/mol. The molecule has 0 saturated carbocycles. The van der Waals surface area contributed by atoms with Crippen LogP contribution in [0.5, 0.6) is 11.5 Å².